The summed E-state index contributed by atoms with van der Waals surface area (Å²) >= 11 is 4.90. The van der Waals surface area contributed by atoms with E-state index in [9.17, 15) is 10.1 Å². The van der Waals surface area contributed by atoms with Gasteiger partial charge < -0.3 is 5.32 Å². The molecule has 1 amide bonds. The van der Waals surface area contributed by atoms with Gasteiger partial charge in [0.2, 0.25) is 5.91 Å². The van der Waals surface area contributed by atoms with E-state index in [4.69, 9.17) is 0 Å². The third kappa shape index (κ3) is 3.19. The number of carbonyl (C=O) groups excluding carboxylic acids is 1. The summed E-state index contributed by atoms with van der Waals surface area (Å²) in [4.78, 5) is 13.9. The van der Waals surface area contributed by atoms with Gasteiger partial charge in [0, 0.05) is 11.1 Å². The van der Waals surface area contributed by atoms with Crippen LogP contribution in [0, 0.1) is 11.3 Å². The van der Waals surface area contributed by atoms with Crippen molar-refractivity contribution in [3.8, 4) is 6.07 Å². The number of thiophene rings is 1. The number of hydrogen-bond acceptors (Lipinski definition) is 4. The van der Waals surface area contributed by atoms with Crippen molar-refractivity contribution in [1.29, 1.82) is 5.26 Å². The molecule has 1 aliphatic carbocycles. The summed E-state index contributed by atoms with van der Waals surface area (Å²) in [5.74, 6) is -0.127. The zero-order chi connectivity index (χ0) is 16.4. The van der Waals surface area contributed by atoms with Crippen molar-refractivity contribution in [3.63, 3.8) is 0 Å². The number of halogens is 1. The van der Waals surface area contributed by atoms with E-state index in [2.05, 4.69) is 32.4 Å². The maximum atomic E-state index is 12.6. The zero-order valence-electron chi connectivity index (χ0n) is 12.8. The van der Waals surface area contributed by atoms with Crippen LogP contribution in [0.5, 0.6) is 0 Å². The maximum Gasteiger partial charge on any atom is 0.249 e. The monoisotopic (exact) mass is 392 g/mol. The first-order chi connectivity index (χ1) is 11.1. The molecule has 0 bridgehead atoms. The number of nitrogens with one attached hydrogen (secondary N) is 1. The van der Waals surface area contributed by atoms with Crippen molar-refractivity contribution in [2.24, 2.45) is 0 Å². The van der Waals surface area contributed by atoms with Crippen molar-refractivity contribution in [2.45, 2.75) is 45.1 Å². The molecule has 0 fully saturated rings. The standard InChI is InChI=1S/C16H17BrN4OS/c1-2-13(21-9-10(17)8-19-21)15(22)20-16-12(7-18)11-5-3-4-6-14(11)23-16/h8-9,13H,2-6H2,1H3,(H,20,22). The molecule has 2 aromatic rings. The summed E-state index contributed by atoms with van der Waals surface area (Å²) in [5.41, 5.74) is 1.78. The van der Waals surface area contributed by atoms with Gasteiger partial charge in [-0.3, -0.25) is 9.48 Å². The lowest BCUT2D eigenvalue weighted by Gasteiger charge is -2.15. The molecule has 23 heavy (non-hydrogen) atoms. The second kappa shape index (κ2) is 6.85. The van der Waals surface area contributed by atoms with Crippen molar-refractivity contribution >= 4 is 38.2 Å². The lowest BCUT2D eigenvalue weighted by molar-refractivity contribution is -0.119. The number of carbonyl (C=O) groups is 1. The highest BCUT2D eigenvalue weighted by molar-refractivity contribution is 9.10. The van der Waals surface area contributed by atoms with Crippen molar-refractivity contribution in [2.75, 3.05) is 5.32 Å². The van der Waals surface area contributed by atoms with Crippen LogP contribution in [0.4, 0.5) is 5.00 Å². The first-order valence-corrected chi connectivity index (χ1v) is 9.30. The number of nitriles is 1. The fraction of sp³-hybridized carbons (Fsp3) is 0.438. The Morgan fingerprint density at radius 1 is 1.57 bits per heavy atom. The Morgan fingerprint density at radius 3 is 3.00 bits per heavy atom. The Morgan fingerprint density at radius 2 is 2.35 bits per heavy atom. The van der Waals surface area contributed by atoms with E-state index in [-0.39, 0.29) is 11.9 Å². The third-order valence-corrected chi connectivity index (χ3v) is 5.72. The average Bonchev–Trinajstić information content (AvgIpc) is 3.11. The van der Waals surface area contributed by atoms with E-state index in [1.807, 2.05) is 6.92 Å². The molecular weight excluding hydrogens is 376 g/mol. The van der Waals surface area contributed by atoms with E-state index in [1.54, 1.807) is 28.4 Å². The Hall–Kier alpha value is -1.65. The quantitative estimate of drug-likeness (QED) is 0.852. The van der Waals surface area contributed by atoms with Gasteiger partial charge in [-0.25, -0.2) is 0 Å². The van der Waals surface area contributed by atoms with Gasteiger partial charge in [-0.1, -0.05) is 6.92 Å². The molecule has 2 aromatic heterocycles. The molecule has 0 spiro atoms. The molecule has 0 aliphatic heterocycles. The minimum atomic E-state index is -0.382. The van der Waals surface area contributed by atoms with Gasteiger partial charge in [0.1, 0.15) is 17.1 Å². The molecular formula is C16H17BrN4OS. The minimum absolute atomic E-state index is 0.127. The summed E-state index contributed by atoms with van der Waals surface area (Å²) in [6.07, 6.45) is 8.31. The second-order valence-corrected chi connectivity index (χ2v) is 7.60. The number of aromatic nitrogens is 2. The number of fused-ring (bicyclic) bond motifs is 1. The molecule has 0 saturated heterocycles. The van der Waals surface area contributed by atoms with Crippen LogP contribution in [-0.4, -0.2) is 15.7 Å². The number of hydrogen-bond donors (Lipinski definition) is 1. The predicted octanol–water partition coefficient (Wildman–Crippen LogP) is 4.05. The van der Waals surface area contributed by atoms with Gasteiger partial charge in [-0.2, -0.15) is 10.4 Å². The first kappa shape index (κ1) is 16.2. The van der Waals surface area contributed by atoms with Crippen LogP contribution in [-0.2, 0) is 17.6 Å². The van der Waals surface area contributed by atoms with Gasteiger partial charge in [0.05, 0.1) is 16.2 Å². The van der Waals surface area contributed by atoms with Gasteiger partial charge >= 0.3 is 0 Å². The van der Waals surface area contributed by atoms with Gasteiger partial charge in [-0.15, -0.1) is 11.3 Å². The fourth-order valence-corrected chi connectivity index (χ4v) is 4.49. The van der Waals surface area contributed by atoms with Crippen LogP contribution in [0.1, 0.15) is 48.2 Å². The molecule has 0 saturated carbocycles. The highest BCUT2D eigenvalue weighted by Crippen LogP contribution is 2.38. The normalized spacial score (nSPS) is 14.8. The molecule has 0 aromatic carbocycles. The number of amides is 1. The van der Waals surface area contributed by atoms with Gasteiger partial charge in [-0.05, 0) is 53.6 Å². The zero-order valence-corrected chi connectivity index (χ0v) is 15.2. The molecule has 1 atom stereocenters. The second-order valence-electron chi connectivity index (χ2n) is 5.58. The Kier molecular flexibility index (Phi) is 4.83. The summed E-state index contributed by atoms with van der Waals surface area (Å²) < 4.78 is 2.49. The SMILES string of the molecule is CCC(C(=O)Nc1sc2c(c1C#N)CCCC2)n1cc(Br)cn1. The maximum absolute atomic E-state index is 12.6. The highest BCUT2D eigenvalue weighted by atomic mass is 79.9. The Balaban J connectivity index is 1.85. The lowest BCUT2D eigenvalue weighted by atomic mass is 9.96. The molecule has 0 radical (unpaired) electrons. The van der Waals surface area contributed by atoms with E-state index < -0.39 is 0 Å². The predicted molar refractivity (Wildman–Crippen MR) is 93.6 cm³/mol. The van der Waals surface area contributed by atoms with Gasteiger partial charge in [0.25, 0.3) is 0 Å². The summed E-state index contributed by atoms with van der Waals surface area (Å²) in [5, 5.41) is 17.3. The third-order valence-electron chi connectivity index (χ3n) is 4.10. The number of nitrogens with zero attached hydrogens (tertiary/aromatic N) is 3. The summed E-state index contributed by atoms with van der Waals surface area (Å²) in [6.45, 7) is 1.95. The van der Waals surface area contributed by atoms with Crippen LogP contribution in [0.3, 0.4) is 0 Å². The highest BCUT2D eigenvalue weighted by Gasteiger charge is 2.25. The first-order valence-electron chi connectivity index (χ1n) is 7.69. The molecule has 5 nitrogen and oxygen atoms in total. The van der Waals surface area contributed by atoms with Crippen LogP contribution < -0.4 is 5.32 Å². The van der Waals surface area contributed by atoms with E-state index in [0.29, 0.717) is 17.0 Å². The fourth-order valence-electron chi connectivity index (χ4n) is 2.95. The van der Waals surface area contributed by atoms with Gasteiger partial charge in [0.15, 0.2) is 0 Å². The molecule has 1 N–H and O–H groups in total. The topological polar surface area (TPSA) is 70.7 Å². The molecule has 2 heterocycles. The van der Waals surface area contributed by atoms with E-state index in [1.165, 1.54) is 4.88 Å². The summed E-state index contributed by atoms with van der Waals surface area (Å²) in [7, 11) is 0. The largest absolute Gasteiger partial charge is 0.315 e. The Labute approximate surface area is 147 Å². The molecule has 3 rings (SSSR count). The molecule has 7 heteroatoms. The van der Waals surface area contributed by atoms with Crippen molar-refractivity contribution in [3.05, 3.63) is 32.9 Å². The van der Waals surface area contributed by atoms with Crippen molar-refractivity contribution < 1.29 is 4.79 Å². The van der Waals surface area contributed by atoms with Crippen LogP contribution >= 0.6 is 27.3 Å². The lowest BCUT2D eigenvalue weighted by Crippen LogP contribution is -2.25. The van der Waals surface area contributed by atoms with Crippen LogP contribution in [0.2, 0.25) is 0 Å². The summed E-state index contributed by atoms with van der Waals surface area (Å²) in [6, 6.07) is 1.89. The molecule has 1 aliphatic rings. The van der Waals surface area contributed by atoms with Crippen LogP contribution in [0.25, 0.3) is 0 Å². The Bertz CT molecular complexity index is 774. The van der Waals surface area contributed by atoms with E-state index >= 15 is 0 Å². The molecule has 120 valence electrons. The number of anilines is 1. The number of rotatable bonds is 4. The van der Waals surface area contributed by atoms with Crippen molar-refractivity contribution in [1.82, 2.24) is 9.78 Å². The average molecular weight is 393 g/mol. The molecule has 1 unspecified atom stereocenters. The smallest absolute Gasteiger partial charge is 0.249 e. The minimum Gasteiger partial charge on any atom is -0.315 e. The number of aryl methyl sites for hydroxylation is 1. The van der Waals surface area contributed by atoms with E-state index in [0.717, 1.165) is 35.7 Å². The van der Waals surface area contributed by atoms with Crippen LogP contribution in [0.15, 0.2) is 16.9 Å².